The van der Waals surface area contributed by atoms with Gasteiger partial charge < -0.3 is 14.6 Å². The molecule has 2 aliphatic rings. The zero-order valence-electron chi connectivity index (χ0n) is 19.0. The summed E-state index contributed by atoms with van der Waals surface area (Å²) in [4.78, 5) is 31.3. The van der Waals surface area contributed by atoms with Crippen LogP contribution in [0.4, 0.5) is 5.69 Å². The molecule has 34 heavy (non-hydrogen) atoms. The molecular formula is C25H24ClN5O3. The summed E-state index contributed by atoms with van der Waals surface area (Å²) in [6, 6.07) is 9.16. The molecule has 3 heterocycles. The SMILES string of the molecule is COCC1Cc2cc(Cl)ccc2N1C(=O)c1cc2[nH]c(=O)c3nnc(CC4CC4)n3c2cc1C. The van der Waals surface area contributed by atoms with E-state index in [0.717, 1.165) is 34.6 Å². The fourth-order valence-electron chi connectivity index (χ4n) is 5.04. The van der Waals surface area contributed by atoms with Crippen LogP contribution in [-0.2, 0) is 17.6 Å². The van der Waals surface area contributed by atoms with Crippen LogP contribution in [0.5, 0.6) is 0 Å². The van der Waals surface area contributed by atoms with Gasteiger partial charge in [0.05, 0.1) is 23.7 Å². The number of H-pyrrole nitrogens is 1. The number of benzene rings is 2. The van der Waals surface area contributed by atoms with E-state index >= 15 is 0 Å². The van der Waals surface area contributed by atoms with Crippen LogP contribution in [0.15, 0.2) is 35.1 Å². The van der Waals surface area contributed by atoms with Gasteiger partial charge in [0, 0.05) is 29.8 Å². The normalized spacial score (nSPS) is 17.6. The van der Waals surface area contributed by atoms with Crippen LogP contribution in [0.25, 0.3) is 16.7 Å². The third-order valence-electron chi connectivity index (χ3n) is 6.86. The van der Waals surface area contributed by atoms with Gasteiger partial charge in [-0.3, -0.25) is 14.0 Å². The summed E-state index contributed by atoms with van der Waals surface area (Å²) in [6.07, 6.45) is 3.83. The number of rotatable bonds is 5. The van der Waals surface area contributed by atoms with Crippen LogP contribution in [-0.4, -0.2) is 45.2 Å². The Morgan fingerprint density at radius 2 is 2.06 bits per heavy atom. The molecule has 6 rings (SSSR count). The van der Waals surface area contributed by atoms with Crippen molar-refractivity contribution in [3.05, 3.63) is 68.2 Å². The third kappa shape index (κ3) is 3.40. The van der Waals surface area contributed by atoms with E-state index in [1.165, 1.54) is 12.8 Å². The maximum Gasteiger partial charge on any atom is 0.294 e. The Labute approximate surface area is 200 Å². The Morgan fingerprint density at radius 3 is 2.82 bits per heavy atom. The van der Waals surface area contributed by atoms with Crippen molar-refractivity contribution in [1.82, 2.24) is 19.6 Å². The highest BCUT2D eigenvalue weighted by molar-refractivity contribution is 6.30. The topological polar surface area (TPSA) is 92.6 Å². The number of hydrogen-bond acceptors (Lipinski definition) is 5. The molecule has 2 aromatic heterocycles. The Bertz CT molecular complexity index is 1520. The van der Waals surface area contributed by atoms with Crippen LogP contribution in [0.2, 0.25) is 5.02 Å². The molecule has 0 bridgehead atoms. The van der Waals surface area contributed by atoms with Gasteiger partial charge >= 0.3 is 0 Å². The average molecular weight is 478 g/mol. The number of ether oxygens (including phenoxy) is 1. The van der Waals surface area contributed by atoms with Crippen molar-refractivity contribution < 1.29 is 9.53 Å². The number of nitrogens with one attached hydrogen (secondary N) is 1. The number of aryl methyl sites for hydroxylation is 1. The van der Waals surface area contributed by atoms with Crippen molar-refractivity contribution in [2.24, 2.45) is 5.92 Å². The summed E-state index contributed by atoms with van der Waals surface area (Å²) >= 11 is 6.20. The fraction of sp³-hybridized carbons (Fsp3) is 0.360. The van der Waals surface area contributed by atoms with E-state index in [-0.39, 0.29) is 23.2 Å². The lowest BCUT2D eigenvalue weighted by molar-refractivity contribution is 0.0956. The Kier molecular flexibility index (Phi) is 4.97. The molecule has 1 aliphatic heterocycles. The van der Waals surface area contributed by atoms with E-state index in [4.69, 9.17) is 16.3 Å². The molecule has 1 unspecified atom stereocenters. The number of carbonyl (C=O) groups is 1. The second-order valence-corrected chi connectivity index (χ2v) is 9.76. The number of nitrogens with zero attached hydrogens (tertiary/aromatic N) is 4. The van der Waals surface area contributed by atoms with E-state index in [2.05, 4.69) is 15.2 Å². The number of anilines is 1. The van der Waals surface area contributed by atoms with E-state index < -0.39 is 0 Å². The predicted molar refractivity (Wildman–Crippen MR) is 130 cm³/mol. The molecule has 9 heteroatoms. The molecule has 1 amide bonds. The van der Waals surface area contributed by atoms with Crippen LogP contribution in [0, 0.1) is 12.8 Å². The Hall–Kier alpha value is -3.23. The van der Waals surface area contributed by atoms with Gasteiger partial charge in [0.25, 0.3) is 11.5 Å². The van der Waals surface area contributed by atoms with Gasteiger partial charge in [-0.25, -0.2) is 0 Å². The van der Waals surface area contributed by atoms with Gasteiger partial charge in [-0.2, -0.15) is 0 Å². The zero-order valence-corrected chi connectivity index (χ0v) is 19.7. The minimum absolute atomic E-state index is 0.134. The fourth-order valence-corrected chi connectivity index (χ4v) is 5.24. The van der Waals surface area contributed by atoms with Crippen LogP contribution in [0.1, 0.15) is 40.2 Å². The summed E-state index contributed by atoms with van der Waals surface area (Å²) in [5.74, 6) is 1.26. The number of hydrogen-bond donors (Lipinski definition) is 1. The minimum Gasteiger partial charge on any atom is -0.383 e. The van der Waals surface area contributed by atoms with Crippen molar-refractivity contribution in [3.63, 3.8) is 0 Å². The van der Waals surface area contributed by atoms with Crippen molar-refractivity contribution in [2.75, 3.05) is 18.6 Å². The molecule has 0 radical (unpaired) electrons. The maximum atomic E-state index is 13.9. The average Bonchev–Trinajstić information content (AvgIpc) is 3.40. The third-order valence-corrected chi connectivity index (χ3v) is 7.10. The summed E-state index contributed by atoms with van der Waals surface area (Å²) in [5, 5.41) is 9.07. The van der Waals surface area contributed by atoms with E-state index in [9.17, 15) is 9.59 Å². The molecule has 1 aliphatic carbocycles. The summed E-state index contributed by atoms with van der Waals surface area (Å²) in [5.41, 5.74) is 4.55. The van der Waals surface area contributed by atoms with E-state index in [1.54, 1.807) is 24.1 Å². The Balaban J connectivity index is 1.48. The molecule has 0 spiro atoms. The molecular weight excluding hydrogens is 454 g/mol. The molecule has 1 fully saturated rings. The van der Waals surface area contributed by atoms with Gasteiger partial charge in [-0.05, 0) is 73.6 Å². The van der Waals surface area contributed by atoms with Crippen molar-refractivity contribution in [3.8, 4) is 0 Å². The lowest BCUT2D eigenvalue weighted by Gasteiger charge is -2.26. The standard InChI is InChI=1S/C25H24ClN5O3/c1-13-7-21-19(27-24(32)23-29-28-22(31(21)23)8-14-3-4-14)11-18(13)25(33)30-17(12-34-2)10-15-9-16(26)5-6-20(15)30/h5-7,9,11,14,17H,3-4,8,10,12H2,1-2H3,(H,27,32). The number of aromatic nitrogens is 4. The molecule has 0 saturated heterocycles. The molecule has 1 atom stereocenters. The van der Waals surface area contributed by atoms with Crippen molar-refractivity contribution in [2.45, 2.75) is 38.6 Å². The Morgan fingerprint density at radius 1 is 1.24 bits per heavy atom. The minimum atomic E-state index is -0.317. The second kappa shape index (κ2) is 7.92. The molecule has 2 aromatic carbocycles. The largest absolute Gasteiger partial charge is 0.383 e. The first-order valence-corrected chi connectivity index (χ1v) is 11.8. The van der Waals surface area contributed by atoms with Gasteiger partial charge in [-0.1, -0.05) is 11.6 Å². The molecule has 1 saturated carbocycles. The van der Waals surface area contributed by atoms with Gasteiger partial charge in [-0.15, -0.1) is 10.2 Å². The van der Waals surface area contributed by atoms with Crippen molar-refractivity contribution in [1.29, 1.82) is 0 Å². The number of methoxy groups -OCH3 is 1. The first-order chi connectivity index (χ1) is 16.4. The molecule has 8 nitrogen and oxygen atoms in total. The highest BCUT2D eigenvalue weighted by Gasteiger charge is 2.35. The lowest BCUT2D eigenvalue weighted by Crippen LogP contribution is -2.40. The zero-order chi connectivity index (χ0) is 23.6. The van der Waals surface area contributed by atoms with Crippen LogP contribution in [0.3, 0.4) is 0 Å². The predicted octanol–water partition coefficient (Wildman–Crippen LogP) is 3.70. The summed E-state index contributed by atoms with van der Waals surface area (Å²) in [7, 11) is 1.63. The number of carbonyl (C=O) groups excluding carboxylic acids is 1. The number of halogens is 1. The van der Waals surface area contributed by atoms with Gasteiger partial charge in [0.15, 0.2) is 0 Å². The number of fused-ring (bicyclic) bond motifs is 4. The summed E-state index contributed by atoms with van der Waals surface area (Å²) in [6.45, 7) is 2.33. The van der Waals surface area contributed by atoms with Crippen molar-refractivity contribution >= 4 is 39.9 Å². The molecule has 1 N–H and O–H groups in total. The lowest BCUT2D eigenvalue weighted by atomic mass is 10.0. The van der Waals surface area contributed by atoms with Gasteiger partial charge in [0.2, 0.25) is 5.65 Å². The first-order valence-electron chi connectivity index (χ1n) is 11.5. The molecule has 4 aromatic rings. The highest BCUT2D eigenvalue weighted by Crippen LogP contribution is 2.36. The number of aromatic amines is 1. The number of amides is 1. The smallest absolute Gasteiger partial charge is 0.294 e. The quantitative estimate of drug-likeness (QED) is 0.473. The van der Waals surface area contributed by atoms with E-state index in [1.807, 2.05) is 29.5 Å². The van der Waals surface area contributed by atoms with Crippen LogP contribution >= 0.6 is 11.6 Å². The van der Waals surface area contributed by atoms with Crippen LogP contribution < -0.4 is 10.5 Å². The molecule has 174 valence electrons. The monoisotopic (exact) mass is 477 g/mol. The first kappa shape index (κ1) is 21.3. The van der Waals surface area contributed by atoms with Gasteiger partial charge in [0.1, 0.15) is 5.82 Å². The maximum absolute atomic E-state index is 13.9. The summed E-state index contributed by atoms with van der Waals surface area (Å²) < 4.78 is 7.26. The van der Waals surface area contributed by atoms with E-state index in [0.29, 0.717) is 35.0 Å². The highest BCUT2D eigenvalue weighted by atomic mass is 35.5. The second-order valence-electron chi connectivity index (χ2n) is 9.32.